The molecule has 0 spiro atoms. The van der Waals surface area contributed by atoms with Gasteiger partial charge in [-0.2, -0.15) is 0 Å². The van der Waals surface area contributed by atoms with Crippen molar-refractivity contribution in [3.05, 3.63) is 28.2 Å². The average Bonchev–Trinajstić information content (AvgIpc) is 2.19. The summed E-state index contributed by atoms with van der Waals surface area (Å²) in [5, 5.41) is 1.12. The molecule has 15 heavy (non-hydrogen) atoms. The van der Waals surface area contributed by atoms with E-state index in [2.05, 4.69) is 15.9 Å². The SMILES string of the molecule is Cc1ccc(Br)c(N(N)C(=O)N(C)C)c1. The van der Waals surface area contributed by atoms with Crippen LogP contribution in [-0.4, -0.2) is 25.0 Å². The Labute approximate surface area is 97.7 Å². The van der Waals surface area contributed by atoms with E-state index in [1.54, 1.807) is 14.1 Å². The fourth-order valence-electron chi connectivity index (χ4n) is 1.13. The van der Waals surface area contributed by atoms with Crippen LogP contribution in [0.15, 0.2) is 22.7 Å². The van der Waals surface area contributed by atoms with Crippen LogP contribution in [0.25, 0.3) is 0 Å². The monoisotopic (exact) mass is 271 g/mol. The Morgan fingerprint density at radius 3 is 2.53 bits per heavy atom. The second-order valence-electron chi connectivity index (χ2n) is 3.50. The van der Waals surface area contributed by atoms with Crippen molar-refractivity contribution >= 4 is 27.6 Å². The van der Waals surface area contributed by atoms with Crippen molar-refractivity contribution in [2.75, 3.05) is 19.1 Å². The Hall–Kier alpha value is -1.07. The number of carbonyl (C=O) groups is 1. The van der Waals surface area contributed by atoms with E-state index in [9.17, 15) is 4.79 Å². The maximum atomic E-state index is 11.6. The van der Waals surface area contributed by atoms with Gasteiger partial charge in [0.15, 0.2) is 0 Å². The summed E-state index contributed by atoms with van der Waals surface area (Å²) in [7, 11) is 3.32. The maximum absolute atomic E-state index is 11.6. The zero-order valence-corrected chi connectivity index (χ0v) is 10.6. The standard InChI is InChI=1S/C10H14BrN3O/c1-7-4-5-8(11)9(6-7)14(12)10(15)13(2)3/h4-6H,12H2,1-3H3. The molecule has 0 saturated heterocycles. The summed E-state index contributed by atoms with van der Waals surface area (Å²) in [5.74, 6) is 5.72. The number of carbonyl (C=O) groups excluding carboxylic acids is 1. The molecule has 0 bridgehead atoms. The molecular weight excluding hydrogens is 258 g/mol. The first kappa shape index (κ1) is 12.0. The van der Waals surface area contributed by atoms with Crippen LogP contribution >= 0.6 is 15.9 Å². The fourth-order valence-corrected chi connectivity index (χ4v) is 1.56. The van der Waals surface area contributed by atoms with Gasteiger partial charge in [0.2, 0.25) is 0 Å². The van der Waals surface area contributed by atoms with E-state index in [0.717, 1.165) is 15.0 Å². The predicted octanol–water partition coefficient (Wildman–Crippen LogP) is 2.12. The van der Waals surface area contributed by atoms with E-state index in [1.807, 2.05) is 25.1 Å². The van der Waals surface area contributed by atoms with Crippen molar-refractivity contribution < 1.29 is 4.79 Å². The normalized spacial score (nSPS) is 9.93. The molecule has 0 aliphatic rings. The number of hydrogen-bond acceptors (Lipinski definition) is 2. The fraction of sp³-hybridized carbons (Fsp3) is 0.300. The van der Waals surface area contributed by atoms with Crippen molar-refractivity contribution in [1.82, 2.24) is 4.90 Å². The van der Waals surface area contributed by atoms with Gasteiger partial charge in [-0.15, -0.1) is 0 Å². The highest BCUT2D eigenvalue weighted by molar-refractivity contribution is 9.10. The Balaban J connectivity index is 3.05. The molecule has 0 heterocycles. The minimum atomic E-state index is -0.263. The molecule has 0 fully saturated rings. The third kappa shape index (κ3) is 2.70. The van der Waals surface area contributed by atoms with Crippen LogP contribution in [0.3, 0.4) is 0 Å². The van der Waals surface area contributed by atoms with Gasteiger partial charge in [-0.25, -0.2) is 15.6 Å². The number of anilines is 1. The number of aryl methyl sites for hydroxylation is 1. The van der Waals surface area contributed by atoms with Crippen molar-refractivity contribution in [2.45, 2.75) is 6.92 Å². The summed E-state index contributed by atoms with van der Waals surface area (Å²) in [6, 6.07) is 5.40. The second kappa shape index (κ2) is 4.63. The van der Waals surface area contributed by atoms with Gasteiger partial charge in [0.05, 0.1) is 5.69 Å². The predicted molar refractivity (Wildman–Crippen MR) is 64.6 cm³/mol. The van der Waals surface area contributed by atoms with Gasteiger partial charge in [-0.1, -0.05) is 6.07 Å². The van der Waals surface area contributed by atoms with Crippen molar-refractivity contribution in [3.63, 3.8) is 0 Å². The highest BCUT2D eigenvalue weighted by Gasteiger charge is 2.15. The summed E-state index contributed by atoms with van der Waals surface area (Å²) in [5.41, 5.74) is 1.71. The Morgan fingerprint density at radius 1 is 1.40 bits per heavy atom. The minimum Gasteiger partial charge on any atom is -0.329 e. The molecule has 82 valence electrons. The molecule has 2 N–H and O–H groups in total. The molecule has 0 radical (unpaired) electrons. The highest BCUT2D eigenvalue weighted by Crippen LogP contribution is 2.25. The highest BCUT2D eigenvalue weighted by atomic mass is 79.9. The largest absolute Gasteiger partial charge is 0.338 e. The average molecular weight is 272 g/mol. The first-order chi connectivity index (χ1) is 6.93. The van der Waals surface area contributed by atoms with Crippen LogP contribution in [0, 0.1) is 6.92 Å². The van der Waals surface area contributed by atoms with Gasteiger partial charge in [-0.3, -0.25) is 0 Å². The Morgan fingerprint density at radius 2 is 2.00 bits per heavy atom. The molecule has 5 heteroatoms. The third-order valence-corrected chi connectivity index (χ3v) is 2.62. The third-order valence-electron chi connectivity index (χ3n) is 1.95. The topological polar surface area (TPSA) is 49.6 Å². The number of benzene rings is 1. The van der Waals surface area contributed by atoms with Crippen molar-refractivity contribution in [1.29, 1.82) is 0 Å². The lowest BCUT2D eigenvalue weighted by molar-refractivity contribution is 0.224. The smallest absolute Gasteiger partial charge is 0.329 e. The summed E-state index contributed by atoms with van der Waals surface area (Å²) >= 11 is 3.36. The number of nitrogens with zero attached hydrogens (tertiary/aromatic N) is 2. The van der Waals surface area contributed by atoms with Crippen LogP contribution in [0.5, 0.6) is 0 Å². The van der Waals surface area contributed by atoms with E-state index < -0.39 is 0 Å². The zero-order chi connectivity index (χ0) is 11.6. The van der Waals surface area contributed by atoms with E-state index in [4.69, 9.17) is 5.84 Å². The number of hydrogen-bond donors (Lipinski definition) is 1. The first-order valence-electron chi connectivity index (χ1n) is 4.45. The lowest BCUT2D eigenvalue weighted by Crippen LogP contribution is -2.44. The molecule has 0 unspecified atom stereocenters. The lowest BCUT2D eigenvalue weighted by atomic mass is 10.2. The number of halogens is 1. The first-order valence-corrected chi connectivity index (χ1v) is 5.25. The number of rotatable bonds is 1. The van der Waals surface area contributed by atoms with E-state index in [0.29, 0.717) is 5.69 Å². The van der Waals surface area contributed by atoms with Crippen LogP contribution in [-0.2, 0) is 0 Å². The van der Waals surface area contributed by atoms with Crippen LogP contribution in [0.4, 0.5) is 10.5 Å². The molecule has 1 aromatic carbocycles. The van der Waals surface area contributed by atoms with Gasteiger partial charge in [-0.05, 0) is 40.5 Å². The molecule has 1 aromatic rings. The van der Waals surface area contributed by atoms with Crippen molar-refractivity contribution in [3.8, 4) is 0 Å². The van der Waals surface area contributed by atoms with E-state index in [1.165, 1.54) is 4.90 Å². The molecule has 4 nitrogen and oxygen atoms in total. The van der Waals surface area contributed by atoms with Crippen LogP contribution in [0.2, 0.25) is 0 Å². The molecular formula is C10H14BrN3O. The molecule has 2 amide bonds. The zero-order valence-electron chi connectivity index (χ0n) is 8.99. The van der Waals surface area contributed by atoms with E-state index >= 15 is 0 Å². The number of hydrazine groups is 1. The minimum absolute atomic E-state index is 0.263. The summed E-state index contributed by atoms with van der Waals surface area (Å²) in [4.78, 5) is 13.0. The van der Waals surface area contributed by atoms with Gasteiger partial charge in [0, 0.05) is 18.6 Å². The Bertz CT molecular complexity index is 379. The second-order valence-corrected chi connectivity index (χ2v) is 4.36. The molecule has 0 saturated carbocycles. The van der Waals surface area contributed by atoms with Crippen molar-refractivity contribution in [2.24, 2.45) is 5.84 Å². The van der Waals surface area contributed by atoms with Gasteiger partial charge < -0.3 is 4.90 Å². The van der Waals surface area contributed by atoms with Crippen LogP contribution in [0.1, 0.15) is 5.56 Å². The summed E-state index contributed by atoms with van der Waals surface area (Å²) < 4.78 is 0.797. The molecule has 1 rings (SSSR count). The number of nitrogens with two attached hydrogens (primary N) is 1. The van der Waals surface area contributed by atoms with Gasteiger partial charge >= 0.3 is 6.03 Å². The van der Waals surface area contributed by atoms with E-state index in [-0.39, 0.29) is 6.03 Å². The summed E-state index contributed by atoms with van der Waals surface area (Å²) in [6.45, 7) is 1.95. The lowest BCUT2D eigenvalue weighted by Gasteiger charge is -2.22. The molecule has 0 atom stereocenters. The molecule has 0 aliphatic heterocycles. The van der Waals surface area contributed by atoms with Gasteiger partial charge in [0.25, 0.3) is 0 Å². The van der Waals surface area contributed by atoms with Crippen LogP contribution < -0.4 is 10.9 Å². The number of urea groups is 1. The molecule has 0 aromatic heterocycles. The Kier molecular flexibility index (Phi) is 3.71. The quantitative estimate of drug-likeness (QED) is 0.483. The molecule has 0 aliphatic carbocycles. The maximum Gasteiger partial charge on any atom is 0.338 e. The summed E-state index contributed by atoms with van der Waals surface area (Å²) in [6.07, 6.45) is 0. The number of amides is 2. The van der Waals surface area contributed by atoms with Gasteiger partial charge in [0.1, 0.15) is 0 Å².